The van der Waals surface area contributed by atoms with Crippen molar-refractivity contribution in [1.82, 2.24) is 15.3 Å². The zero-order valence-electron chi connectivity index (χ0n) is 19.2. The zero-order valence-corrected chi connectivity index (χ0v) is 19.2. The van der Waals surface area contributed by atoms with Crippen molar-refractivity contribution < 1.29 is 13.6 Å². The minimum absolute atomic E-state index is 0.120. The second kappa shape index (κ2) is 10.2. The predicted octanol–water partition coefficient (Wildman–Crippen LogP) is 4.14. The van der Waals surface area contributed by atoms with Gasteiger partial charge < -0.3 is 11.1 Å². The molecule has 0 spiro atoms. The third-order valence-corrected chi connectivity index (χ3v) is 6.42. The van der Waals surface area contributed by atoms with Gasteiger partial charge in [0.1, 0.15) is 23.8 Å². The van der Waals surface area contributed by atoms with Crippen LogP contribution in [0.5, 0.6) is 0 Å². The number of ketones is 1. The van der Waals surface area contributed by atoms with Crippen molar-refractivity contribution in [2.24, 2.45) is 10.9 Å². The highest BCUT2D eigenvalue weighted by atomic mass is 19.1. The number of nitrogens with two attached hydrogens (primary N) is 1. The first-order valence-electron chi connectivity index (χ1n) is 11.3. The highest BCUT2D eigenvalue weighted by molar-refractivity contribution is 6.17. The molecule has 3 N–H and O–H groups in total. The van der Waals surface area contributed by atoms with Crippen molar-refractivity contribution in [3.8, 4) is 0 Å². The third kappa shape index (κ3) is 4.59. The molecule has 2 unspecified atom stereocenters. The number of carbonyl (C=O) groups excluding carboxylic acids is 1. The van der Waals surface area contributed by atoms with Gasteiger partial charge in [0.25, 0.3) is 0 Å². The van der Waals surface area contributed by atoms with E-state index in [-0.39, 0.29) is 28.4 Å². The number of aliphatic imine (C=N–C) groups is 1. The Bertz CT molecular complexity index is 1220. The van der Waals surface area contributed by atoms with Crippen LogP contribution in [0.15, 0.2) is 53.8 Å². The maximum Gasteiger partial charge on any atom is 0.193 e. The number of benzene rings is 2. The lowest BCUT2D eigenvalue weighted by atomic mass is 9.83. The lowest BCUT2D eigenvalue weighted by Gasteiger charge is -2.24. The van der Waals surface area contributed by atoms with E-state index in [1.165, 1.54) is 48.8 Å². The molecule has 176 valence electrons. The van der Waals surface area contributed by atoms with Crippen LogP contribution >= 0.6 is 0 Å². The summed E-state index contributed by atoms with van der Waals surface area (Å²) in [5.41, 5.74) is 8.56. The molecule has 1 saturated heterocycles. The minimum atomic E-state index is -0.613. The number of hydrogen-bond acceptors (Lipinski definition) is 6. The van der Waals surface area contributed by atoms with Crippen molar-refractivity contribution in [1.29, 1.82) is 0 Å². The van der Waals surface area contributed by atoms with Crippen LogP contribution in [0.25, 0.3) is 0 Å². The van der Waals surface area contributed by atoms with Gasteiger partial charge in [-0.3, -0.25) is 9.79 Å². The van der Waals surface area contributed by atoms with Gasteiger partial charge in [-0.2, -0.15) is 0 Å². The Morgan fingerprint density at radius 1 is 1.18 bits per heavy atom. The number of carbonyl (C=O) groups is 1. The average molecular weight is 464 g/mol. The average Bonchev–Trinajstić information content (AvgIpc) is 3.37. The van der Waals surface area contributed by atoms with Crippen molar-refractivity contribution >= 4 is 17.3 Å². The molecule has 2 heterocycles. The summed E-state index contributed by atoms with van der Waals surface area (Å²) in [7, 11) is 1.57. The van der Waals surface area contributed by atoms with Crippen LogP contribution in [-0.2, 0) is 0 Å². The molecule has 2 aromatic carbocycles. The van der Waals surface area contributed by atoms with E-state index in [2.05, 4.69) is 27.2 Å². The minimum Gasteiger partial charge on any atom is -0.383 e. The molecule has 8 heteroatoms. The molecule has 34 heavy (non-hydrogen) atoms. The van der Waals surface area contributed by atoms with Crippen molar-refractivity contribution in [3.63, 3.8) is 0 Å². The van der Waals surface area contributed by atoms with Crippen LogP contribution < -0.4 is 11.1 Å². The Kier molecular flexibility index (Phi) is 7.07. The Labute approximate surface area is 197 Å². The predicted molar refractivity (Wildman–Crippen MR) is 128 cm³/mol. The molecule has 1 aliphatic heterocycles. The van der Waals surface area contributed by atoms with Crippen LogP contribution in [0.2, 0.25) is 0 Å². The molecule has 0 bridgehead atoms. The number of hydrogen-bond donors (Lipinski definition) is 2. The fraction of sp³-hybridized carbons (Fsp3) is 0.308. The highest BCUT2D eigenvalue weighted by Gasteiger charge is 2.31. The van der Waals surface area contributed by atoms with E-state index in [0.29, 0.717) is 17.2 Å². The fourth-order valence-corrected chi connectivity index (χ4v) is 4.69. The maximum atomic E-state index is 15.4. The summed E-state index contributed by atoms with van der Waals surface area (Å²) in [6, 6.07) is 9.37. The first-order valence-corrected chi connectivity index (χ1v) is 11.3. The highest BCUT2D eigenvalue weighted by Crippen LogP contribution is 2.35. The molecule has 3 aromatic rings. The Morgan fingerprint density at radius 2 is 1.91 bits per heavy atom. The molecule has 6 nitrogen and oxygen atoms in total. The number of nitrogens with one attached hydrogen (secondary N) is 1. The van der Waals surface area contributed by atoms with Crippen molar-refractivity contribution in [2.45, 2.75) is 25.7 Å². The van der Waals surface area contributed by atoms with Crippen LogP contribution in [0.3, 0.4) is 0 Å². The number of nitrogens with zero attached hydrogens (tertiary/aromatic N) is 3. The summed E-state index contributed by atoms with van der Waals surface area (Å²) in [6.07, 6.45) is 3.31. The second-order valence-corrected chi connectivity index (χ2v) is 8.39. The maximum absolute atomic E-state index is 15.4. The molecule has 0 aliphatic carbocycles. The van der Waals surface area contributed by atoms with E-state index in [0.717, 1.165) is 31.6 Å². The Morgan fingerprint density at radius 3 is 2.53 bits per heavy atom. The monoisotopic (exact) mass is 463 g/mol. The molecule has 1 aliphatic rings. The van der Waals surface area contributed by atoms with Gasteiger partial charge >= 0.3 is 0 Å². The topological polar surface area (TPSA) is 93.3 Å². The smallest absolute Gasteiger partial charge is 0.193 e. The quantitative estimate of drug-likeness (QED) is 0.406. The summed E-state index contributed by atoms with van der Waals surface area (Å²) in [6.45, 7) is 3.93. The van der Waals surface area contributed by atoms with Gasteiger partial charge in [0.2, 0.25) is 0 Å². The van der Waals surface area contributed by atoms with Crippen LogP contribution in [0.4, 0.5) is 14.6 Å². The number of anilines is 1. The normalized spacial score (nSPS) is 17.1. The zero-order chi connectivity index (χ0) is 24.2. The largest absolute Gasteiger partial charge is 0.383 e. The fourth-order valence-electron chi connectivity index (χ4n) is 4.69. The second-order valence-electron chi connectivity index (χ2n) is 8.39. The standard InChI is InChI=1S/C26H27F2N5O/c1-3-19(17-10-11-31-13-17)24-22(26(29)33-14-32-24)23(30-2)20-9-6-16(12-21(20)28)25(34)15-4-7-18(27)8-5-15/h4-9,12,14,17,19,31H,3,10-11,13H2,1-2H3,(H2,29,32,33)/b30-23-. The van der Waals surface area contributed by atoms with E-state index in [4.69, 9.17) is 5.73 Å². The van der Waals surface area contributed by atoms with E-state index < -0.39 is 17.4 Å². The van der Waals surface area contributed by atoms with Gasteiger partial charge in [-0.05, 0) is 68.2 Å². The van der Waals surface area contributed by atoms with Gasteiger partial charge in [-0.1, -0.05) is 13.0 Å². The summed E-state index contributed by atoms with van der Waals surface area (Å²) in [5.74, 6) is -0.715. The van der Waals surface area contributed by atoms with Gasteiger partial charge in [-0.15, -0.1) is 0 Å². The SMILES string of the molecule is CCC(c1ncnc(N)c1/C(=N\C)c1ccc(C(=O)c2ccc(F)cc2)cc1F)C1CCNC1. The molecule has 1 aromatic heterocycles. The molecular formula is C26H27F2N5O. The first-order chi connectivity index (χ1) is 16.4. The van der Waals surface area contributed by atoms with Crippen molar-refractivity contribution in [3.05, 3.63) is 88.4 Å². The molecule has 0 saturated carbocycles. The van der Waals surface area contributed by atoms with Gasteiger partial charge in [0, 0.05) is 29.7 Å². The number of rotatable bonds is 7. The molecule has 0 amide bonds. The van der Waals surface area contributed by atoms with Gasteiger partial charge in [0.05, 0.1) is 17.0 Å². The van der Waals surface area contributed by atoms with Gasteiger partial charge in [-0.25, -0.2) is 18.7 Å². The van der Waals surface area contributed by atoms with Crippen molar-refractivity contribution in [2.75, 3.05) is 25.9 Å². The van der Waals surface area contributed by atoms with E-state index in [9.17, 15) is 9.18 Å². The summed E-state index contributed by atoms with van der Waals surface area (Å²) >= 11 is 0. The Hall–Kier alpha value is -3.52. The molecular weight excluding hydrogens is 436 g/mol. The Balaban J connectivity index is 1.73. The van der Waals surface area contributed by atoms with Crippen LogP contribution in [-0.4, -0.2) is 41.6 Å². The first kappa shape index (κ1) is 23.6. The molecule has 1 fully saturated rings. The summed E-state index contributed by atoms with van der Waals surface area (Å²) in [4.78, 5) is 25.8. The number of aromatic nitrogens is 2. The van der Waals surface area contributed by atoms with Crippen LogP contribution in [0.1, 0.15) is 58.4 Å². The van der Waals surface area contributed by atoms with E-state index in [1.807, 2.05) is 0 Å². The van der Waals surface area contributed by atoms with Crippen LogP contribution in [0, 0.1) is 17.6 Å². The van der Waals surface area contributed by atoms with Gasteiger partial charge in [0.15, 0.2) is 5.78 Å². The summed E-state index contributed by atoms with van der Waals surface area (Å²) < 4.78 is 28.6. The number of nitrogen functional groups attached to an aromatic ring is 1. The molecule has 0 radical (unpaired) electrons. The molecule has 4 rings (SSSR count). The lowest BCUT2D eigenvalue weighted by Crippen LogP contribution is -2.22. The lowest BCUT2D eigenvalue weighted by molar-refractivity contribution is 0.103. The number of halogens is 2. The van der Waals surface area contributed by atoms with E-state index >= 15 is 4.39 Å². The summed E-state index contributed by atoms with van der Waals surface area (Å²) in [5, 5.41) is 3.39. The van der Waals surface area contributed by atoms with E-state index in [1.54, 1.807) is 7.05 Å². The molecule has 2 atom stereocenters. The third-order valence-electron chi connectivity index (χ3n) is 6.42.